The fourth-order valence-electron chi connectivity index (χ4n) is 3.27. The molecular formula is C16H10N2. The molecule has 3 aliphatic carbocycles. The van der Waals surface area contributed by atoms with Crippen LogP contribution in [0.25, 0.3) is 32.8 Å². The van der Waals surface area contributed by atoms with Crippen molar-refractivity contribution in [2.45, 2.75) is 6.42 Å². The summed E-state index contributed by atoms with van der Waals surface area (Å²) in [6.07, 6.45) is 0.993. The molecule has 0 unspecified atom stereocenters. The van der Waals surface area contributed by atoms with Crippen LogP contribution in [-0.2, 0) is 6.42 Å². The lowest BCUT2D eigenvalue weighted by Crippen LogP contribution is -1.88. The number of hydrogen-bond donors (Lipinski definition) is 1. The second kappa shape index (κ2) is 2.72. The Labute approximate surface area is 104 Å². The molecule has 0 fully saturated rings. The van der Waals surface area contributed by atoms with E-state index in [9.17, 15) is 0 Å². The number of hydrogen-bond acceptors (Lipinski definition) is 1. The van der Waals surface area contributed by atoms with Gasteiger partial charge >= 0.3 is 0 Å². The smallest absolute Gasteiger partial charge is 0.0751 e. The topological polar surface area (TPSA) is 28.7 Å². The van der Waals surface area contributed by atoms with Crippen LogP contribution < -0.4 is 0 Å². The summed E-state index contributed by atoms with van der Waals surface area (Å²) in [5.74, 6) is 0. The van der Waals surface area contributed by atoms with Gasteiger partial charge in [0, 0.05) is 11.8 Å². The predicted molar refractivity (Wildman–Crippen MR) is 73.0 cm³/mol. The molecule has 1 heterocycles. The first-order valence-electron chi connectivity index (χ1n) is 6.22. The molecule has 84 valence electrons. The fraction of sp³-hybridized carbons (Fsp3) is 0.0625. The van der Waals surface area contributed by atoms with E-state index in [4.69, 9.17) is 0 Å². The number of nitrogens with zero attached hydrogens (tertiary/aromatic N) is 1. The van der Waals surface area contributed by atoms with Crippen molar-refractivity contribution in [3.05, 3.63) is 53.7 Å². The highest BCUT2D eigenvalue weighted by atomic mass is 15.1. The average molecular weight is 230 g/mol. The molecule has 0 amide bonds. The molecule has 0 saturated heterocycles. The second-order valence-corrected chi connectivity index (χ2v) is 5.02. The van der Waals surface area contributed by atoms with E-state index in [2.05, 4.69) is 52.7 Å². The van der Waals surface area contributed by atoms with Gasteiger partial charge in [0.2, 0.25) is 0 Å². The molecule has 0 aliphatic heterocycles. The lowest BCUT2D eigenvalue weighted by molar-refractivity contribution is 0.984. The Morgan fingerprint density at radius 3 is 2.94 bits per heavy atom. The van der Waals surface area contributed by atoms with Crippen LogP contribution in [0.4, 0.5) is 0 Å². The lowest BCUT2D eigenvalue weighted by Gasteiger charge is -1.98. The van der Waals surface area contributed by atoms with Gasteiger partial charge in [-0.25, -0.2) is 0 Å². The Balaban J connectivity index is 2.12. The van der Waals surface area contributed by atoms with Crippen molar-refractivity contribution < 1.29 is 0 Å². The van der Waals surface area contributed by atoms with Gasteiger partial charge in [0.25, 0.3) is 0 Å². The van der Waals surface area contributed by atoms with Crippen LogP contribution >= 0.6 is 0 Å². The Morgan fingerprint density at radius 2 is 1.94 bits per heavy atom. The van der Waals surface area contributed by atoms with Crippen molar-refractivity contribution in [3.8, 4) is 11.1 Å². The SMILES string of the molecule is c1ccc2cc3c(cc4c5[nH]nc(c53)C4)c-2cc1. The summed E-state index contributed by atoms with van der Waals surface area (Å²) in [5, 5.41) is 11.6. The van der Waals surface area contributed by atoms with E-state index in [1.54, 1.807) is 0 Å². The summed E-state index contributed by atoms with van der Waals surface area (Å²) in [4.78, 5) is 0. The van der Waals surface area contributed by atoms with Crippen LogP contribution in [0, 0.1) is 0 Å². The number of aromatic amines is 1. The number of H-pyrrole nitrogens is 1. The van der Waals surface area contributed by atoms with Crippen molar-refractivity contribution in [2.75, 3.05) is 0 Å². The van der Waals surface area contributed by atoms with Crippen LogP contribution in [0.3, 0.4) is 0 Å². The largest absolute Gasteiger partial charge is 0.277 e. The first kappa shape index (κ1) is 8.70. The highest BCUT2D eigenvalue weighted by Gasteiger charge is 2.23. The molecule has 1 aromatic heterocycles. The summed E-state index contributed by atoms with van der Waals surface area (Å²) in [6, 6.07) is 15.3. The normalized spacial score (nSPS) is 13.3. The van der Waals surface area contributed by atoms with Crippen molar-refractivity contribution in [1.82, 2.24) is 10.2 Å². The van der Waals surface area contributed by atoms with Crippen LogP contribution in [-0.4, -0.2) is 10.2 Å². The van der Waals surface area contributed by atoms with Crippen LogP contribution in [0.1, 0.15) is 11.3 Å². The first-order valence-corrected chi connectivity index (χ1v) is 6.22. The molecule has 2 nitrogen and oxygen atoms in total. The first-order chi connectivity index (χ1) is 8.92. The van der Waals surface area contributed by atoms with Gasteiger partial charge in [-0.2, -0.15) is 5.10 Å². The van der Waals surface area contributed by atoms with E-state index >= 15 is 0 Å². The summed E-state index contributed by atoms with van der Waals surface area (Å²) >= 11 is 0. The number of rotatable bonds is 0. The summed E-state index contributed by atoms with van der Waals surface area (Å²) in [6.45, 7) is 0. The number of nitrogens with one attached hydrogen (secondary N) is 1. The number of benzene rings is 1. The minimum atomic E-state index is 0.993. The molecule has 0 atom stereocenters. The highest BCUT2D eigenvalue weighted by molar-refractivity contribution is 6.18. The van der Waals surface area contributed by atoms with Gasteiger partial charge in [-0.3, -0.25) is 5.10 Å². The van der Waals surface area contributed by atoms with Gasteiger partial charge in [-0.15, -0.1) is 0 Å². The molecule has 3 aliphatic rings. The molecule has 1 aromatic carbocycles. The molecule has 2 aromatic rings. The van der Waals surface area contributed by atoms with Crippen molar-refractivity contribution >= 4 is 21.7 Å². The van der Waals surface area contributed by atoms with Gasteiger partial charge in [0.1, 0.15) is 0 Å². The molecule has 1 N–H and O–H groups in total. The molecule has 0 radical (unpaired) electrons. The maximum Gasteiger partial charge on any atom is 0.0751 e. The average Bonchev–Trinajstić information content (AvgIpc) is 2.94. The highest BCUT2D eigenvalue weighted by Crippen LogP contribution is 2.43. The van der Waals surface area contributed by atoms with Crippen molar-refractivity contribution in [2.24, 2.45) is 0 Å². The minimum absolute atomic E-state index is 0.993. The lowest BCUT2D eigenvalue weighted by atomic mass is 10.1. The van der Waals surface area contributed by atoms with Crippen LogP contribution in [0.2, 0.25) is 0 Å². The van der Waals surface area contributed by atoms with E-state index in [1.165, 1.54) is 44.1 Å². The Kier molecular flexibility index (Phi) is 1.32. The third-order valence-electron chi connectivity index (χ3n) is 4.06. The zero-order chi connectivity index (χ0) is 11.7. The van der Waals surface area contributed by atoms with E-state index in [0.29, 0.717) is 0 Å². The quantitative estimate of drug-likeness (QED) is 0.431. The molecule has 4 bridgehead atoms. The maximum atomic E-state index is 4.38. The van der Waals surface area contributed by atoms with Crippen molar-refractivity contribution in [3.63, 3.8) is 0 Å². The zero-order valence-electron chi connectivity index (χ0n) is 9.70. The third kappa shape index (κ3) is 0.851. The van der Waals surface area contributed by atoms with Gasteiger partial charge in [-0.1, -0.05) is 30.3 Å². The zero-order valence-corrected chi connectivity index (χ0v) is 9.70. The third-order valence-corrected chi connectivity index (χ3v) is 4.06. The summed E-state index contributed by atoms with van der Waals surface area (Å²) in [7, 11) is 0. The fourth-order valence-corrected chi connectivity index (χ4v) is 3.27. The molecule has 2 heteroatoms. The maximum absolute atomic E-state index is 4.38. The van der Waals surface area contributed by atoms with Gasteiger partial charge < -0.3 is 0 Å². The van der Waals surface area contributed by atoms with E-state index in [1.807, 2.05) is 0 Å². The molecular weight excluding hydrogens is 220 g/mol. The predicted octanol–water partition coefficient (Wildman–Crippen LogP) is 3.73. The van der Waals surface area contributed by atoms with E-state index < -0.39 is 0 Å². The van der Waals surface area contributed by atoms with Gasteiger partial charge in [0.15, 0.2) is 0 Å². The second-order valence-electron chi connectivity index (χ2n) is 5.02. The number of aromatic nitrogens is 2. The summed E-state index contributed by atoms with van der Waals surface area (Å²) in [5.41, 5.74) is 6.48. The minimum Gasteiger partial charge on any atom is -0.277 e. The molecule has 18 heavy (non-hydrogen) atoms. The monoisotopic (exact) mass is 230 g/mol. The van der Waals surface area contributed by atoms with Gasteiger partial charge in [-0.05, 0) is 39.6 Å². The standard InChI is InChI=1S/C16H10N2/c1-2-4-9-6-13-12(11(9)5-3-1)7-10-8-14-15(13)16(10)18-17-14/h1-7H,8H2,(H,17,18). The number of fused-ring (bicyclic) bond motifs is 3. The Hall–Kier alpha value is -2.35. The van der Waals surface area contributed by atoms with E-state index in [0.717, 1.165) is 6.42 Å². The molecule has 0 spiro atoms. The molecule has 5 rings (SSSR count). The summed E-state index contributed by atoms with van der Waals surface area (Å²) < 4.78 is 0. The Bertz CT molecular complexity index is 902. The van der Waals surface area contributed by atoms with Crippen LogP contribution in [0.5, 0.6) is 0 Å². The molecule has 0 saturated carbocycles. The van der Waals surface area contributed by atoms with Crippen molar-refractivity contribution in [1.29, 1.82) is 0 Å². The van der Waals surface area contributed by atoms with Crippen LogP contribution in [0.15, 0.2) is 42.5 Å². The Morgan fingerprint density at radius 1 is 1.00 bits per heavy atom. The van der Waals surface area contributed by atoms with E-state index in [-0.39, 0.29) is 0 Å². The van der Waals surface area contributed by atoms with Gasteiger partial charge in [0.05, 0.1) is 11.2 Å².